The molecule has 1 amide bonds. The molecule has 0 aliphatic heterocycles. The molecule has 0 radical (unpaired) electrons. The van der Waals surface area contributed by atoms with Crippen LogP contribution in [0.5, 0.6) is 0 Å². The van der Waals surface area contributed by atoms with E-state index in [9.17, 15) is 26.4 Å². The van der Waals surface area contributed by atoms with Crippen molar-refractivity contribution in [3.05, 3.63) is 63.1 Å². The molecular weight excluding hydrogens is 488 g/mol. The second kappa shape index (κ2) is 8.38. The van der Waals surface area contributed by atoms with Crippen molar-refractivity contribution in [2.24, 2.45) is 0 Å². The van der Waals surface area contributed by atoms with Crippen LogP contribution in [0, 0.1) is 0 Å². The lowest BCUT2D eigenvalue weighted by Gasteiger charge is -2.11. The third-order valence-corrected chi connectivity index (χ3v) is 6.47. The normalized spacial score (nSPS) is 11.9. The topological polar surface area (TPSA) is 101 Å². The number of anilines is 2. The van der Waals surface area contributed by atoms with E-state index in [4.69, 9.17) is 23.2 Å². The van der Waals surface area contributed by atoms with Gasteiger partial charge in [-0.15, -0.1) is 10.2 Å². The molecule has 7 nitrogen and oxygen atoms in total. The maximum atomic E-state index is 12.6. The van der Waals surface area contributed by atoms with Crippen LogP contribution < -0.4 is 10.0 Å². The highest BCUT2D eigenvalue weighted by molar-refractivity contribution is 7.92. The number of benzene rings is 2. The van der Waals surface area contributed by atoms with Gasteiger partial charge < -0.3 is 0 Å². The standard InChI is InChI=1S/C16H9Cl2F3N4O3S2/c17-9-2-4-10(5-3-9)25-30(27,28)12-7-8(1-6-11(12)18)13(26)22-15-24-23-14(29-15)16(19,20)21/h1-7,25H,(H,22,24,26). The number of rotatable bonds is 5. The molecule has 2 aromatic carbocycles. The number of aromatic nitrogens is 2. The van der Waals surface area contributed by atoms with E-state index in [-0.39, 0.29) is 27.6 Å². The number of halogens is 5. The summed E-state index contributed by atoms with van der Waals surface area (Å²) >= 11 is 11.9. The van der Waals surface area contributed by atoms with Gasteiger partial charge in [-0.3, -0.25) is 14.8 Å². The highest BCUT2D eigenvalue weighted by atomic mass is 35.5. The molecule has 0 unspecified atom stereocenters. The van der Waals surface area contributed by atoms with Crippen LogP contribution in [-0.2, 0) is 16.2 Å². The average molecular weight is 497 g/mol. The fourth-order valence-electron chi connectivity index (χ4n) is 2.14. The predicted molar refractivity (Wildman–Crippen MR) is 107 cm³/mol. The molecule has 1 heterocycles. The van der Waals surface area contributed by atoms with Crippen LogP contribution in [0.25, 0.3) is 0 Å². The largest absolute Gasteiger partial charge is 0.445 e. The summed E-state index contributed by atoms with van der Waals surface area (Å²) < 4.78 is 65.4. The van der Waals surface area contributed by atoms with Gasteiger partial charge in [0, 0.05) is 16.3 Å². The Bertz CT molecular complexity index is 1200. The molecule has 0 bridgehead atoms. The Labute approximate surface area is 181 Å². The van der Waals surface area contributed by atoms with Crippen molar-refractivity contribution in [2.45, 2.75) is 11.1 Å². The number of carbonyl (C=O) groups is 1. The number of nitrogens with one attached hydrogen (secondary N) is 2. The van der Waals surface area contributed by atoms with Crippen molar-refractivity contribution in [1.82, 2.24) is 10.2 Å². The first-order valence-corrected chi connectivity index (χ1v) is 10.8. The summed E-state index contributed by atoms with van der Waals surface area (Å²) in [7, 11) is -4.18. The Morgan fingerprint density at radius 1 is 1.03 bits per heavy atom. The lowest BCUT2D eigenvalue weighted by Crippen LogP contribution is -2.16. The summed E-state index contributed by atoms with van der Waals surface area (Å²) in [6, 6.07) is 9.18. The lowest BCUT2D eigenvalue weighted by molar-refractivity contribution is -0.138. The number of amides is 1. The third kappa shape index (κ3) is 5.19. The van der Waals surface area contributed by atoms with Crippen molar-refractivity contribution in [2.75, 3.05) is 10.0 Å². The van der Waals surface area contributed by atoms with Gasteiger partial charge in [0.05, 0.1) is 5.02 Å². The van der Waals surface area contributed by atoms with Crippen LogP contribution >= 0.6 is 34.5 Å². The summed E-state index contributed by atoms with van der Waals surface area (Å²) in [4.78, 5) is 11.9. The fourth-order valence-corrected chi connectivity index (χ4v) is 4.45. The van der Waals surface area contributed by atoms with Crippen LogP contribution in [0.15, 0.2) is 47.4 Å². The van der Waals surface area contributed by atoms with Crippen molar-refractivity contribution < 1.29 is 26.4 Å². The molecule has 0 aliphatic rings. The van der Waals surface area contributed by atoms with Gasteiger partial charge in [-0.1, -0.05) is 34.5 Å². The molecule has 30 heavy (non-hydrogen) atoms. The summed E-state index contributed by atoms with van der Waals surface area (Å²) in [6.45, 7) is 0. The van der Waals surface area contributed by atoms with Crippen LogP contribution in [0.3, 0.4) is 0 Å². The summed E-state index contributed by atoms with van der Waals surface area (Å²) in [5.74, 6) is -0.889. The highest BCUT2D eigenvalue weighted by Gasteiger charge is 2.35. The van der Waals surface area contributed by atoms with Crippen molar-refractivity contribution >= 4 is 61.3 Å². The summed E-state index contributed by atoms with van der Waals surface area (Å²) in [6.07, 6.45) is -4.70. The van der Waals surface area contributed by atoms with E-state index in [0.717, 1.165) is 6.07 Å². The smallest absolute Gasteiger partial charge is 0.296 e. The summed E-state index contributed by atoms with van der Waals surface area (Å²) in [5.41, 5.74) is 0.0403. The molecule has 0 spiro atoms. The highest BCUT2D eigenvalue weighted by Crippen LogP contribution is 2.33. The fraction of sp³-hybridized carbons (Fsp3) is 0.0625. The molecule has 0 saturated heterocycles. The number of nitrogens with zero attached hydrogens (tertiary/aromatic N) is 2. The number of hydrogen-bond acceptors (Lipinski definition) is 6. The van der Waals surface area contributed by atoms with Crippen molar-refractivity contribution in [3.63, 3.8) is 0 Å². The average Bonchev–Trinajstić information content (AvgIpc) is 3.12. The molecular formula is C16H9Cl2F3N4O3S2. The number of hydrogen-bond donors (Lipinski definition) is 2. The Kier molecular flexibility index (Phi) is 6.22. The van der Waals surface area contributed by atoms with Crippen LogP contribution in [0.4, 0.5) is 24.0 Å². The Hall–Kier alpha value is -2.41. The molecule has 0 saturated carbocycles. The number of carbonyl (C=O) groups excluding carboxylic acids is 1. The van der Waals surface area contributed by atoms with E-state index in [2.05, 4.69) is 20.2 Å². The molecule has 158 valence electrons. The van der Waals surface area contributed by atoms with E-state index in [1.807, 2.05) is 0 Å². The third-order valence-electron chi connectivity index (χ3n) is 3.47. The predicted octanol–water partition coefficient (Wildman–Crippen LogP) is 4.92. The Balaban J connectivity index is 1.84. The van der Waals surface area contributed by atoms with E-state index >= 15 is 0 Å². The zero-order valence-electron chi connectivity index (χ0n) is 14.4. The van der Waals surface area contributed by atoms with E-state index in [1.54, 1.807) is 0 Å². The van der Waals surface area contributed by atoms with Gasteiger partial charge >= 0.3 is 6.18 Å². The van der Waals surface area contributed by atoms with E-state index in [0.29, 0.717) is 5.02 Å². The van der Waals surface area contributed by atoms with Crippen LogP contribution in [0.2, 0.25) is 10.0 Å². The van der Waals surface area contributed by atoms with Crippen LogP contribution in [-0.4, -0.2) is 24.5 Å². The maximum absolute atomic E-state index is 12.6. The SMILES string of the molecule is O=C(Nc1nnc(C(F)(F)F)s1)c1ccc(Cl)c(S(=O)(=O)Nc2ccc(Cl)cc2)c1. The molecule has 14 heteroatoms. The molecule has 1 aromatic heterocycles. The van der Waals surface area contributed by atoms with Gasteiger partial charge in [0.2, 0.25) is 10.1 Å². The molecule has 3 rings (SSSR count). The van der Waals surface area contributed by atoms with E-state index < -0.39 is 37.1 Å². The van der Waals surface area contributed by atoms with Gasteiger partial charge in [-0.05, 0) is 42.5 Å². The molecule has 0 aliphatic carbocycles. The van der Waals surface area contributed by atoms with Gasteiger partial charge in [0.25, 0.3) is 15.9 Å². The minimum Gasteiger partial charge on any atom is -0.296 e. The van der Waals surface area contributed by atoms with Crippen molar-refractivity contribution in [3.8, 4) is 0 Å². The second-order valence-corrected chi connectivity index (χ2v) is 9.09. The Morgan fingerprint density at radius 3 is 2.30 bits per heavy atom. The quantitative estimate of drug-likeness (QED) is 0.522. The number of alkyl halides is 3. The monoisotopic (exact) mass is 496 g/mol. The first kappa shape index (κ1) is 22.3. The molecule has 3 aromatic rings. The lowest BCUT2D eigenvalue weighted by atomic mass is 10.2. The van der Waals surface area contributed by atoms with Gasteiger partial charge in [-0.2, -0.15) is 13.2 Å². The summed E-state index contributed by atoms with van der Waals surface area (Å²) in [5, 5.41) is 6.95. The number of sulfonamides is 1. The van der Waals surface area contributed by atoms with Gasteiger partial charge in [-0.25, -0.2) is 8.42 Å². The van der Waals surface area contributed by atoms with Gasteiger partial charge in [0.15, 0.2) is 0 Å². The first-order valence-electron chi connectivity index (χ1n) is 7.76. The second-order valence-electron chi connectivity index (χ2n) is 5.62. The molecule has 0 atom stereocenters. The molecule has 2 N–H and O–H groups in total. The first-order chi connectivity index (χ1) is 14.0. The minimum atomic E-state index is -4.70. The Morgan fingerprint density at radius 2 is 1.70 bits per heavy atom. The zero-order valence-corrected chi connectivity index (χ0v) is 17.5. The maximum Gasteiger partial charge on any atom is 0.445 e. The van der Waals surface area contributed by atoms with Crippen molar-refractivity contribution in [1.29, 1.82) is 0 Å². The van der Waals surface area contributed by atoms with Crippen LogP contribution in [0.1, 0.15) is 15.4 Å². The molecule has 0 fully saturated rings. The van der Waals surface area contributed by atoms with Gasteiger partial charge in [0.1, 0.15) is 4.90 Å². The van der Waals surface area contributed by atoms with E-state index in [1.165, 1.54) is 36.4 Å². The zero-order chi connectivity index (χ0) is 22.1. The minimum absolute atomic E-state index is 0.132.